The first-order valence-electron chi connectivity index (χ1n) is 8.58. The van der Waals surface area contributed by atoms with E-state index in [4.69, 9.17) is 15.2 Å². The predicted octanol–water partition coefficient (Wildman–Crippen LogP) is 2.70. The number of carbonyl (C=O) groups is 2. The molecule has 138 valence electrons. The van der Waals surface area contributed by atoms with Crippen molar-refractivity contribution in [2.45, 2.75) is 45.3 Å². The Kier molecular flexibility index (Phi) is 10.0. The predicted molar refractivity (Wildman–Crippen MR) is 97.0 cm³/mol. The van der Waals surface area contributed by atoms with Crippen molar-refractivity contribution in [3.05, 3.63) is 48.0 Å². The summed E-state index contributed by atoms with van der Waals surface area (Å²) >= 11 is 0. The lowest BCUT2D eigenvalue weighted by molar-refractivity contribution is -0.146. The van der Waals surface area contributed by atoms with E-state index in [-0.39, 0.29) is 13.2 Å². The lowest BCUT2D eigenvalue weighted by Gasteiger charge is -2.12. The van der Waals surface area contributed by atoms with Crippen molar-refractivity contribution in [1.29, 1.82) is 0 Å². The van der Waals surface area contributed by atoms with E-state index in [0.29, 0.717) is 25.8 Å². The number of amides is 1. The molecule has 0 aliphatic rings. The summed E-state index contributed by atoms with van der Waals surface area (Å²) in [6, 6.07) is 7.30. The molecule has 3 N–H and O–H groups in total. The molecule has 1 rings (SSSR count). The van der Waals surface area contributed by atoms with E-state index < -0.39 is 18.1 Å². The second kappa shape index (κ2) is 12.1. The number of benzene rings is 1. The van der Waals surface area contributed by atoms with Gasteiger partial charge in [-0.3, -0.25) is 4.79 Å². The van der Waals surface area contributed by atoms with Crippen molar-refractivity contribution in [2.75, 3.05) is 13.2 Å². The molecule has 1 atom stereocenters. The van der Waals surface area contributed by atoms with E-state index in [0.717, 1.165) is 12.0 Å². The number of nitrogens with two attached hydrogens (primary N) is 1. The highest BCUT2D eigenvalue weighted by atomic mass is 16.5. The first-order chi connectivity index (χ1) is 12.1. The quantitative estimate of drug-likeness (QED) is 0.364. The van der Waals surface area contributed by atoms with Crippen LogP contribution < -0.4 is 11.1 Å². The van der Waals surface area contributed by atoms with Gasteiger partial charge in [0.1, 0.15) is 19.3 Å². The molecule has 0 bridgehead atoms. The Balaban J connectivity index is 2.14. The van der Waals surface area contributed by atoms with Crippen molar-refractivity contribution in [3.63, 3.8) is 0 Å². The van der Waals surface area contributed by atoms with E-state index in [1.807, 2.05) is 24.3 Å². The molecule has 25 heavy (non-hydrogen) atoms. The van der Waals surface area contributed by atoms with Crippen LogP contribution in [0.25, 0.3) is 0 Å². The smallest absolute Gasteiger partial charge is 0.407 e. The molecule has 0 spiro atoms. The van der Waals surface area contributed by atoms with Crippen molar-refractivity contribution < 1.29 is 19.1 Å². The third-order valence-electron chi connectivity index (χ3n) is 3.66. The van der Waals surface area contributed by atoms with Gasteiger partial charge in [-0.25, -0.2) is 4.79 Å². The zero-order valence-corrected chi connectivity index (χ0v) is 14.8. The molecule has 0 saturated heterocycles. The minimum Gasteiger partial charge on any atom is -0.460 e. The van der Waals surface area contributed by atoms with Crippen LogP contribution in [0.4, 0.5) is 4.79 Å². The molecule has 0 aliphatic heterocycles. The molecule has 0 aliphatic carbocycles. The van der Waals surface area contributed by atoms with Crippen LogP contribution >= 0.6 is 0 Å². The first kappa shape index (κ1) is 20.7. The van der Waals surface area contributed by atoms with Crippen molar-refractivity contribution in [1.82, 2.24) is 5.32 Å². The van der Waals surface area contributed by atoms with Gasteiger partial charge in [0.05, 0.1) is 0 Å². The number of carbonyl (C=O) groups excluding carboxylic acids is 2. The summed E-state index contributed by atoms with van der Waals surface area (Å²) in [5.41, 5.74) is 8.03. The Hall–Kier alpha value is -2.34. The standard InChI is InChI=1S/C19H28N2O4/c1-3-13-24-19(23)21-12-6-5-7-17(20)18(22)25-14-16-10-8-15(4-2)9-11-16/h3,8-11,17H,1,4-7,12-14,20H2,2H3,(H,21,23)/t17-/m0/s1. The van der Waals surface area contributed by atoms with Crippen LogP contribution in [0.1, 0.15) is 37.3 Å². The number of ether oxygens (including phenoxy) is 2. The number of alkyl carbamates (subject to hydrolysis) is 1. The average Bonchev–Trinajstić information content (AvgIpc) is 2.64. The average molecular weight is 348 g/mol. The summed E-state index contributed by atoms with van der Waals surface area (Å²) in [4.78, 5) is 23.1. The highest BCUT2D eigenvalue weighted by Gasteiger charge is 2.14. The zero-order chi connectivity index (χ0) is 18.5. The summed E-state index contributed by atoms with van der Waals surface area (Å²) in [7, 11) is 0. The van der Waals surface area contributed by atoms with E-state index in [9.17, 15) is 9.59 Å². The maximum atomic E-state index is 11.9. The van der Waals surface area contributed by atoms with Crippen LogP contribution in [0.3, 0.4) is 0 Å². The molecule has 1 aromatic rings. The molecule has 0 heterocycles. The van der Waals surface area contributed by atoms with Crippen LogP contribution in [0.2, 0.25) is 0 Å². The van der Waals surface area contributed by atoms with E-state index in [2.05, 4.69) is 18.8 Å². The summed E-state index contributed by atoms with van der Waals surface area (Å²) < 4.78 is 10.0. The molecule has 6 heteroatoms. The Bertz CT molecular complexity index is 543. The van der Waals surface area contributed by atoms with Crippen LogP contribution in [-0.2, 0) is 27.3 Å². The molecule has 6 nitrogen and oxygen atoms in total. The fraction of sp³-hybridized carbons (Fsp3) is 0.474. The second-order valence-corrected chi connectivity index (χ2v) is 5.69. The van der Waals surface area contributed by atoms with Gasteiger partial charge in [0.2, 0.25) is 0 Å². The Morgan fingerprint density at radius 1 is 1.20 bits per heavy atom. The van der Waals surface area contributed by atoms with Crippen molar-refractivity contribution in [2.24, 2.45) is 5.73 Å². The van der Waals surface area contributed by atoms with Crippen LogP contribution in [0.5, 0.6) is 0 Å². The van der Waals surface area contributed by atoms with E-state index in [1.54, 1.807) is 0 Å². The van der Waals surface area contributed by atoms with Gasteiger partial charge in [0.15, 0.2) is 0 Å². The summed E-state index contributed by atoms with van der Waals surface area (Å²) in [6.45, 7) is 6.44. The molecule has 0 fully saturated rings. The molecule has 0 unspecified atom stereocenters. The topological polar surface area (TPSA) is 90.6 Å². The Morgan fingerprint density at radius 3 is 2.52 bits per heavy atom. The number of unbranched alkanes of at least 4 members (excludes halogenated alkanes) is 1. The summed E-state index contributed by atoms with van der Waals surface area (Å²) in [5.74, 6) is -0.405. The molecular formula is C19H28N2O4. The summed E-state index contributed by atoms with van der Waals surface area (Å²) in [6.07, 6.45) is 3.94. The third-order valence-corrected chi connectivity index (χ3v) is 3.66. The molecular weight excluding hydrogens is 320 g/mol. The molecule has 0 saturated carbocycles. The van der Waals surface area contributed by atoms with Crippen molar-refractivity contribution >= 4 is 12.1 Å². The van der Waals surface area contributed by atoms with Crippen LogP contribution in [0.15, 0.2) is 36.9 Å². The largest absolute Gasteiger partial charge is 0.460 e. The summed E-state index contributed by atoms with van der Waals surface area (Å²) in [5, 5.41) is 2.61. The fourth-order valence-electron chi connectivity index (χ4n) is 2.12. The zero-order valence-electron chi connectivity index (χ0n) is 14.8. The second-order valence-electron chi connectivity index (χ2n) is 5.69. The number of esters is 1. The van der Waals surface area contributed by atoms with Crippen LogP contribution in [-0.4, -0.2) is 31.3 Å². The van der Waals surface area contributed by atoms with Gasteiger partial charge < -0.3 is 20.5 Å². The SMILES string of the molecule is C=CCOC(=O)NCCCC[C@H](N)C(=O)OCc1ccc(CC)cc1. The Labute approximate surface area is 149 Å². The highest BCUT2D eigenvalue weighted by Crippen LogP contribution is 2.08. The number of aryl methyl sites for hydroxylation is 1. The van der Waals surface area contributed by atoms with Gasteiger partial charge in [0, 0.05) is 6.54 Å². The van der Waals surface area contributed by atoms with Crippen LogP contribution in [0, 0.1) is 0 Å². The van der Waals surface area contributed by atoms with Gasteiger partial charge in [-0.05, 0) is 36.8 Å². The monoisotopic (exact) mass is 348 g/mol. The van der Waals surface area contributed by atoms with Gasteiger partial charge in [0.25, 0.3) is 0 Å². The van der Waals surface area contributed by atoms with Gasteiger partial charge >= 0.3 is 12.1 Å². The number of rotatable bonds is 11. The Morgan fingerprint density at radius 2 is 1.88 bits per heavy atom. The lowest BCUT2D eigenvalue weighted by atomic mass is 10.1. The minimum absolute atomic E-state index is 0.184. The maximum Gasteiger partial charge on any atom is 0.407 e. The van der Waals surface area contributed by atoms with Crippen molar-refractivity contribution in [3.8, 4) is 0 Å². The fourth-order valence-corrected chi connectivity index (χ4v) is 2.12. The molecule has 0 aromatic heterocycles. The maximum absolute atomic E-state index is 11.9. The lowest BCUT2D eigenvalue weighted by Crippen LogP contribution is -2.32. The third kappa shape index (κ3) is 8.91. The molecule has 1 aromatic carbocycles. The normalized spacial score (nSPS) is 11.4. The van der Waals surface area contributed by atoms with E-state index >= 15 is 0 Å². The first-order valence-corrected chi connectivity index (χ1v) is 8.58. The molecule has 0 radical (unpaired) electrons. The number of nitrogens with one attached hydrogen (secondary N) is 1. The highest BCUT2D eigenvalue weighted by molar-refractivity contribution is 5.75. The number of hydrogen-bond donors (Lipinski definition) is 2. The van der Waals surface area contributed by atoms with Gasteiger partial charge in [-0.15, -0.1) is 0 Å². The van der Waals surface area contributed by atoms with Gasteiger partial charge in [-0.2, -0.15) is 0 Å². The molecule has 1 amide bonds. The minimum atomic E-state index is -0.650. The number of hydrogen-bond acceptors (Lipinski definition) is 5. The van der Waals surface area contributed by atoms with Gasteiger partial charge in [-0.1, -0.05) is 43.8 Å². The van der Waals surface area contributed by atoms with E-state index in [1.165, 1.54) is 11.6 Å².